The zero-order chi connectivity index (χ0) is 51.8. The van der Waals surface area contributed by atoms with Gasteiger partial charge in [0.15, 0.2) is 0 Å². The molecule has 2 nitrogen and oxygen atoms in total. The monoisotopic (exact) mass is 940 g/mol. The van der Waals surface area contributed by atoms with Crippen LogP contribution in [0.1, 0.15) is 50.0 Å². The Balaban J connectivity index is 0.990. The van der Waals surface area contributed by atoms with Crippen LogP contribution in [0, 0.1) is 0 Å². The third kappa shape index (κ3) is 4.91. The maximum Gasteiger partial charge on any atom is 0.0726 e. The Morgan fingerprint density at radius 3 is 1.43 bits per heavy atom. The molecule has 4 aliphatic rings. The van der Waals surface area contributed by atoms with Gasteiger partial charge in [0.25, 0.3) is 0 Å². The summed E-state index contributed by atoms with van der Waals surface area (Å²) in [4.78, 5) is 2.43. The number of hydrogen-bond donors (Lipinski definition) is 0. The van der Waals surface area contributed by atoms with Crippen molar-refractivity contribution in [3.05, 3.63) is 311 Å². The minimum absolute atomic E-state index is 0.0207. The first kappa shape index (κ1) is 36.4. The second kappa shape index (κ2) is 14.6. The van der Waals surface area contributed by atoms with Crippen molar-refractivity contribution < 1.29 is 5.48 Å². The molecule has 1 atom stereocenters. The second-order valence-corrected chi connectivity index (χ2v) is 20.3. The first-order valence-electron chi connectivity index (χ1n) is 27.6. The minimum atomic E-state index is -1.11. The van der Waals surface area contributed by atoms with Crippen LogP contribution in [0.4, 0.5) is 17.1 Å². The number of rotatable bonds is 4. The minimum Gasteiger partial charge on any atom is -0.310 e. The van der Waals surface area contributed by atoms with E-state index >= 15 is 0 Å². The van der Waals surface area contributed by atoms with Crippen LogP contribution in [0.3, 0.4) is 0 Å². The van der Waals surface area contributed by atoms with Crippen LogP contribution in [-0.4, -0.2) is 4.57 Å². The zero-order valence-corrected chi connectivity index (χ0v) is 40.0. The van der Waals surface area contributed by atoms with Gasteiger partial charge in [0.2, 0.25) is 0 Å². The van der Waals surface area contributed by atoms with Crippen LogP contribution in [0.2, 0.25) is 0 Å². The number of hydrogen-bond acceptors (Lipinski definition) is 1. The van der Waals surface area contributed by atoms with E-state index in [0.29, 0.717) is 11.1 Å². The van der Waals surface area contributed by atoms with E-state index in [-0.39, 0.29) is 24.2 Å². The highest BCUT2D eigenvalue weighted by Gasteiger charge is 2.53. The quantitative estimate of drug-likeness (QED) is 0.171. The van der Waals surface area contributed by atoms with Gasteiger partial charge in [-0.1, -0.05) is 206 Å². The van der Waals surface area contributed by atoms with Gasteiger partial charge in [-0.2, -0.15) is 0 Å². The van der Waals surface area contributed by atoms with E-state index in [2.05, 4.69) is 240 Å². The third-order valence-corrected chi connectivity index (χ3v) is 17.1. The van der Waals surface area contributed by atoms with Crippen LogP contribution in [0.25, 0.3) is 82.8 Å². The van der Waals surface area contributed by atoms with Crippen LogP contribution in [0.15, 0.2) is 267 Å². The summed E-state index contributed by atoms with van der Waals surface area (Å²) in [6.45, 7) is 0. The Morgan fingerprint density at radius 1 is 0.311 bits per heavy atom. The maximum atomic E-state index is 9.99. The lowest BCUT2D eigenvalue weighted by Crippen LogP contribution is -2.32. The van der Waals surface area contributed by atoms with Crippen molar-refractivity contribution in [1.82, 2.24) is 4.57 Å². The molecule has 4 aliphatic carbocycles. The summed E-state index contributed by atoms with van der Waals surface area (Å²) >= 11 is 0. The summed E-state index contributed by atoms with van der Waals surface area (Å²) in [5.74, 6) is 0. The van der Waals surface area contributed by atoms with Crippen molar-refractivity contribution in [2.45, 2.75) is 10.8 Å². The second-order valence-electron chi connectivity index (χ2n) is 20.3. The molecule has 0 amide bonds. The van der Waals surface area contributed by atoms with Crippen molar-refractivity contribution >= 4 is 49.6 Å². The third-order valence-electron chi connectivity index (χ3n) is 17.1. The van der Waals surface area contributed by atoms with Gasteiger partial charge in [0.05, 0.1) is 27.3 Å². The molecular weight excluding hydrogens is 893 g/mol. The fourth-order valence-electron chi connectivity index (χ4n) is 14.4. The molecule has 1 unspecified atom stereocenters. The van der Waals surface area contributed by atoms with E-state index in [4.69, 9.17) is 1.37 Å². The lowest BCUT2D eigenvalue weighted by atomic mass is 9.61. The fraction of sp³-hybridized carbons (Fsp3) is 0.0278. The molecule has 0 fully saturated rings. The number of fused-ring (bicyclic) bond motifs is 22. The molecular formula is C72H44N2. The Bertz CT molecular complexity index is 4750. The molecule has 1 heterocycles. The highest BCUT2D eigenvalue weighted by Crippen LogP contribution is 2.65. The Kier molecular flexibility index (Phi) is 7.17. The summed E-state index contributed by atoms with van der Waals surface area (Å²) in [6, 6.07) is 87.7. The zero-order valence-electron chi connectivity index (χ0n) is 44.0. The van der Waals surface area contributed by atoms with Crippen LogP contribution in [-0.2, 0) is 10.8 Å². The molecule has 342 valence electrons. The molecule has 74 heavy (non-hydrogen) atoms. The maximum absolute atomic E-state index is 9.99. The molecule has 12 aromatic carbocycles. The predicted octanol–water partition coefficient (Wildman–Crippen LogP) is 18.1. The van der Waals surface area contributed by atoms with E-state index in [1.165, 1.54) is 44.5 Å². The van der Waals surface area contributed by atoms with Gasteiger partial charge in [-0.05, 0) is 160 Å². The molecule has 17 rings (SSSR count). The van der Waals surface area contributed by atoms with Gasteiger partial charge in [-0.25, -0.2) is 0 Å². The van der Waals surface area contributed by atoms with Gasteiger partial charge >= 0.3 is 0 Å². The van der Waals surface area contributed by atoms with Crippen molar-refractivity contribution in [2.75, 3.05) is 4.90 Å². The molecule has 13 aromatic rings. The predicted molar refractivity (Wildman–Crippen MR) is 306 cm³/mol. The average Bonchev–Trinajstić information content (AvgIpc) is 4.31. The summed E-state index contributed by atoms with van der Waals surface area (Å²) in [7, 11) is 0. The first-order chi connectivity index (χ1) is 38.4. The lowest BCUT2D eigenvalue weighted by molar-refractivity contribution is 0.773. The van der Waals surface area contributed by atoms with E-state index < -0.39 is 10.8 Å². The SMILES string of the molecule is [2H]c1c([2H])c([2H])c2c(c1[2H])-c1ccccc1C21c2cc(N(c3ccc4c(c3)C3(c5ccccc5-c5ccccc53)c3ccccc3-4)c3ccc4c(c3)c3ccccc3n4-c3ccccc3)ccc2-c2cccc3cccc1c23. The summed E-state index contributed by atoms with van der Waals surface area (Å²) in [6.07, 6.45) is 0. The van der Waals surface area contributed by atoms with Gasteiger partial charge in [-0.3, -0.25) is 0 Å². The van der Waals surface area contributed by atoms with Gasteiger partial charge in [-0.15, -0.1) is 0 Å². The highest BCUT2D eigenvalue weighted by atomic mass is 15.1. The lowest BCUT2D eigenvalue weighted by Gasteiger charge is -2.41. The summed E-state index contributed by atoms with van der Waals surface area (Å²) in [5.41, 5.74) is 21.6. The van der Waals surface area contributed by atoms with Crippen molar-refractivity contribution in [3.63, 3.8) is 0 Å². The van der Waals surface area contributed by atoms with E-state index in [1.807, 2.05) is 12.1 Å². The molecule has 0 aliphatic heterocycles. The standard InChI is InChI=1S/C72H44N2/c1-2-20-46(21-3-1)74-68-35-15-9-27-57(68)59-42-47(38-41-69(59)74)73(48-36-39-55-54-26-8-12-31-62(54)71(66(55)43-48)60-29-10-4-22-50(60)51-23-5-11-30-61(51)71)49-37-40-56-58-28-16-18-45-19-17-34-65(70(45)58)72(67(56)44-49)63-32-13-6-24-52(63)53-25-7-14-33-64(53)72/h1-44H/i6D,13D,24D,32D. The molecule has 2 spiro atoms. The normalized spacial score (nSPS) is 16.2. The Labute approximate surface area is 434 Å². The van der Waals surface area contributed by atoms with Crippen molar-refractivity contribution in [1.29, 1.82) is 0 Å². The Morgan fingerprint density at radius 2 is 0.770 bits per heavy atom. The van der Waals surface area contributed by atoms with Crippen LogP contribution in [0.5, 0.6) is 0 Å². The number of benzene rings is 12. The van der Waals surface area contributed by atoms with Crippen LogP contribution < -0.4 is 4.90 Å². The topological polar surface area (TPSA) is 8.17 Å². The molecule has 1 aromatic heterocycles. The highest BCUT2D eigenvalue weighted by molar-refractivity contribution is 6.12. The van der Waals surface area contributed by atoms with Gasteiger partial charge in [0.1, 0.15) is 0 Å². The van der Waals surface area contributed by atoms with Gasteiger partial charge < -0.3 is 9.47 Å². The molecule has 0 saturated heterocycles. The fourth-order valence-corrected chi connectivity index (χ4v) is 14.4. The number of anilines is 3. The van der Waals surface area contributed by atoms with Crippen molar-refractivity contribution in [3.8, 4) is 50.2 Å². The number of para-hydroxylation sites is 2. The Hall–Kier alpha value is -9.50. The largest absolute Gasteiger partial charge is 0.310 e. The van der Waals surface area contributed by atoms with E-state index in [9.17, 15) is 4.11 Å². The first-order valence-corrected chi connectivity index (χ1v) is 25.6. The molecule has 2 heteroatoms. The van der Waals surface area contributed by atoms with Gasteiger partial charge in [0, 0.05) is 33.5 Å². The van der Waals surface area contributed by atoms with Crippen LogP contribution >= 0.6 is 0 Å². The smallest absolute Gasteiger partial charge is 0.0726 e. The molecule has 0 bridgehead atoms. The summed E-state index contributed by atoms with van der Waals surface area (Å²) < 4.78 is 40.3. The average molecular weight is 941 g/mol. The van der Waals surface area contributed by atoms with E-state index in [0.717, 1.165) is 88.7 Å². The molecule has 0 N–H and O–H groups in total. The molecule has 0 saturated carbocycles. The number of aromatic nitrogens is 1. The number of nitrogens with zero attached hydrogens (tertiary/aromatic N) is 2. The molecule has 0 radical (unpaired) electrons. The summed E-state index contributed by atoms with van der Waals surface area (Å²) in [5, 5.41) is 4.46. The van der Waals surface area contributed by atoms with E-state index in [1.54, 1.807) is 0 Å². The van der Waals surface area contributed by atoms with Crippen molar-refractivity contribution in [2.24, 2.45) is 0 Å².